The molecule has 21 heavy (non-hydrogen) atoms. The Morgan fingerprint density at radius 1 is 0.714 bits per heavy atom. The lowest BCUT2D eigenvalue weighted by atomic mass is 10.2. The van der Waals surface area contributed by atoms with Crippen LogP contribution < -0.4 is 0 Å². The number of thiophene rings is 1. The number of hydrogen-bond acceptors (Lipinski definition) is 1. The Balaban J connectivity index is 0.000000273. The summed E-state index contributed by atoms with van der Waals surface area (Å²) >= 11 is 1.84. The molecule has 0 amide bonds. The average Bonchev–Trinajstić information content (AvgIpc) is 3.18. The highest BCUT2D eigenvalue weighted by atomic mass is 32.1. The first-order valence-corrected chi connectivity index (χ1v) is 8.36. The summed E-state index contributed by atoms with van der Waals surface area (Å²) in [5.74, 6) is 0. The fourth-order valence-electron chi connectivity index (χ4n) is 1.48. The monoisotopic (exact) mass is 300 g/mol. The summed E-state index contributed by atoms with van der Waals surface area (Å²) in [6.07, 6.45) is 9.50. The molecule has 0 atom stereocenters. The molecule has 114 valence electrons. The van der Waals surface area contributed by atoms with Crippen molar-refractivity contribution < 1.29 is 0 Å². The molecule has 1 heterocycles. The van der Waals surface area contributed by atoms with Gasteiger partial charge in [-0.3, -0.25) is 0 Å². The van der Waals surface area contributed by atoms with Gasteiger partial charge in [-0.1, -0.05) is 74.0 Å². The number of allylic oxidation sites excluding steroid dienone is 4. The number of aryl methyl sites for hydroxylation is 3. The van der Waals surface area contributed by atoms with Gasteiger partial charge in [0.25, 0.3) is 0 Å². The number of rotatable bonds is 0. The molecule has 0 bridgehead atoms. The molecule has 1 heteroatoms. The van der Waals surface area contributed by atoms with E-state index in [9.17, 15) is 0 Å². The van der Waals surface area contributed by atoms with Crippen LogP contribution in [0.1, 0.15) is 35.6 Å². The molecule has 1 aliphatic carbocycles. The van der Waals surface area contributed by atoms with Crippen LogP contribution in [0.4, 0.5) is 0 Å². The van der Waals surface area contributed by atoms with E-state index in [0.29, 0.717) is 0 Å². The van der Waals surface area contributed by atoms with Crippen LogP contribution in [0.3, 0.4) is 0 Å². The van der Waals surface area contributed by atoms with E-state index in [1.54, 1.807) is 0 Å². The molecule has 0 nitrogen and oxygen atoms in total. The smallest absolute Gasteiger partial charge is 0.00170 e. The molecular formula is C20H28S. The lowest BCUT2D eigenvalue weighted by Gasteiger charge is -1.82. The van der Waals surface area contributed by atoms with Crippen molar-refractivity contribution in [1.82, 2.24) is 0 Å². The van der Waals surface area contributed by atoms with Gasteiger partial charge < -0.3 is 0 Å². The highest BCUT2D eigenvalue weighted by molar-refractivity contribution is 7.11. The van der Waals surface area contributed by atoms with Gasteiger partial charge in [-0.05, 0) is 39.3 Å². The summed E-state index contributed by atoms with van der Waals surface area (Å²) in [6.45, 7) is 10.3. The zero-order valence-electron chi connectivity index (χ0n) is 14.0. The molecule has 0 saturated carbocycles. The van der Waals surface area contributed by atoms with Crippen LogP contribution in [0, 0.1) is 20.8 Å². The maximum atomic E-state index is 2.14. The van der Waals surface area contributed by atoms with Crippen LogP contribution in [0.5, 0.6) is 0 Å². The molecule has 1 aromatic carbocycles. The van der Waals surface area contributed by atoms with Crippen LogP contribution in [-0.4, -0.2) is 0 Å². The first-order valence-electron chi connectivity index (χ1n) is 7.55. The largest absolute Gasteiger partial charge is 0.146 e. The summed E-state index contributed by atoms with van der Waals surface area (Å²) < 4.78 is 0. The molecule has 2 aromatic rings. The zero-order valence-corrected chi connectivity index (χ0v) is 14.8. The van der Waals surface area contributed by atoms with Crippen molar-refractivity contribution in [2.45, 2.75) is 41.0 Å². The van der Waals surface area contributed by atoms with E-state index in [-0.39, 0.29) is 0 Å². The second-order valence-electron chi connectivity index (χ2n) is 4.40. The van der Waals surface area contributed by atoms with Crippen molar-refractivity contribution in [2.24, 2.45) is 0 Å². The van der Waals surface area contributed by atoms with Crippen molar-refractivity contribution in [3.05, 3.63) is 82.1 Å². The van der Waals surface area contributed by atoms with Gasteiger partial charge in [-0.25, -0.2) is 0 Å². The Hall–Kier alpha value is -1.60. The molecule has 0 spiro atoms. The molecule has 3 rings (SSSR count). The molecule has 0 saturated heterocycles. The quantitative estimate of drug-likeness (QED) is 0.497. The maximum Gasteiger partial charge on any atom is 0.00170 e. The summed E-state index contributed by atoms with van der Waals surface area (Å²) in [5.41, 5.74) is 1.32. The molecule has 0 aliphatic heterocycles. The molecular weight excluding hydrogens is 272 g/mol. The SMILES string of the molecule is C1=CCC=C1.CC.Cc1ccc(C)s1.Cc1ccccc1. The Bertz CT molecular complexity index is 477. The molecule has 0 unspecified atom stereocenters. The van der Waals surface area contributed by atoms with Gasteiger partial charge in [-0.15, -0.1) is 11.3 Å². The second kappa shape index (κ2) is 13.4. The minimum Gasteiger partial charge on any atom is -0.146 e. The Morgan fingerprint density at radius 3 is 1.38 bits per heavy atom. The second-order valence-corrected chi connectivity index (χ2v) is 5.90. The molecule has 1 aromatic heterocycles. The normalized spacial score (nSPS) is 10.5. The van der Waals surface area contributed by atoms with E-state index in [0.717, 1.165) is 6.42 Å². The predicted octanol–water partition coefficient (Wildman–Crippen LogP) is 6.89. The van der Waals surface area contributed by atoms with Crippen molar-refractivity contribution >= 4 is 11.3 Å². The third kappa shape index (κ3) is 11.9. The highest BCUT2D eigenvalue weighted by Gasteiger charge is 1.84. The average molecular weight is 301 g/mol. The van der Waals surface area contributed by atoms with Crippen molar-refractivity contribution in [3.8, 4) is 0 Å². The predicted molar refractivity (Wildman–Crippen MR) is 99.2 cm³/mol. The van der Waals surface area contributed by atoms with E-state index >= 15 is 0 Å². The van der Waals surface area contributed by atoms with E-state index in [1.807, 2.05) is 43.4 Å². The van der Waals surface area contributed by atoms with Crippen LogP contribution >= 0.6 is 11.3 Å². The van der Waals surface area contributed by atoms with Crippen molar-refractivity contribution in [2.75, 3.05) is 0 Å². The highest BCUT2D eigenvalue weighted by Crippen LogP contribution is 2.12. The van der Waals surface area contributed by atoms with E-state index in [4.69, 9.17) is 0 Å². The van der Waals surface area contributed by atoms with E-state index in [1.165, 1.54) is 15.3 Å². The first-order chi connectivity index (χ1) is 10.2. The van der Waals surface area contributed by atoms with Crippen molar-refractivity contribution in [1.29, 1.82) is 0 Å². The topological polar surface area (TPSA) is 0 Å². The van der Waals surface area contributed by atoms with Crippen LogP contribution in [-0.2, 0) is 0 Å². The van der Waals surface area contributed by atoms with Gasteiger partial charge in [0, 0.05) is 9.75 Å². The lowest BCUT2D eigenvalue weighted by Crippen LogP contribution is -1.62. The van der Waals surface area contributed by atoms with Gasteiger partial charge in [0.1, 0.15) is 0 Å². The van der Waals surface area contributed by atoms with Gasteiger partial charge in [-0.2, -0.15) is 0 Å². The summed E-state index contributed by atoms with van der Waals surface area (Å²) in [4.78, 5) is 2.80. The standard InChI is InChI=1S/C7H8.C6H8S.C5H6.C2H6/c1-7-5-3-2-4-6-7;1-5-3-4-6(2)7-5;1-2-4-5-3-1;1-2/h2-6H,1H3;3-4H,1-2H3;1-4H,5H2;1-2H3. The van der Waals surface area contributed by atoms with Gasteiger partial charge >= 0.3 is 0 Å². The minimum absolute atomic E-state index is 1.14. The fraction of sp³-hybridized carbons (Fsp3) is 0.300. The summed E-state index contributed by atoms with van der Waals surface area (Å²) in [6, 6.07) is 14.5. The lowest BCUT2D eigenvalue weighted by molar-refractivity contribution is 1.45. The fourth-order valence-corrected chi connectivity index (χ4v) is 2.26. The molecule has 1 aliphatic rings. The van der Waals surface area contributed by atoms with Gasteiger partial charge in [0.05, 0.1) is 0 Å². The Kier molecular flexibility index (Phi) is 12.4. The molecule has 0 N–H and O–H groups in total. The summed E-state index contributed by atoms with van der Waals surface area (Å²) in [5, 5.41) is 0. The van der Waals surface area contributed by atoms with E-state index < -0.39 is 0 Å². The van der Waals surface area contributed by atoms with Crippen LogP contribution in [0.15, 0.2) is 66.8 Å². The number of hydrogen-bond donors (Lipinski definition) is 0. The minimum atomic E-state index is 1.14. The molecule has 0 radical (unpaired) electrons. The third-order valence-corrected chi connectivity index (χ3v) is 3.39. The first kappa shape index (κ1) is 19.4. The maximum absolute atomic E-state index is 2.14. The Labute approximate surface area is 134 Å². The van der Waals surface area contributed by atoms with Crippen LogP contribution in [0.25, 0.3) is 0 Å². The summed E-state index contributed by atoms with van der Waals surface area (Å²) in [7, 11) is 0. The van der Waals surface area contributed by atoms with E-state index in [2.05, 4.69) is 69.3 Å². The third-order valence-electron chi connectivity index (χ3n) is 2.47. The zero-order chi connectivity index (χ0) is 15.9. The van der Waals surface area contributed by atoms with Crippen LogP contribution in [0.2, 0.25) is 0 Å². The van der Waals surface area contributed by atoms with Gasteiger partial charge in [0.15, 0.2) is 0 Å². The number of benzene rings is 1. The molecule has 0 fully saturated rings. The Morgan fingerprint density at radius 2 is 1.19 bits per heavy atom. The van der Waals surface area contributed by atoms with Gasteiger partial charge in [0.2, 0.25) is 0 Å². The van der Waals surface area contributed by atoms with Crippen molar-refractivity contribution in [3.63, 3.8) is 0 Å².